The molecular formula is C28H22F3N5O. The number of halogens is 3. The fraction of sp³-hybridized carbons (Fsp3) is 0.107. The van der Waals surface area contributed by atoms with E-state index < -0.39 is 17.4 Å². The highest BCUT2D eigenvalue weighted by Gasteiger charge is 2.30. The maximum absolute atomic E-state index is 13.0. The summed E-state index contributed by atoms with van der Waals surface area (Å²) < 4.78 is 42.5. The summed E-state index contributed by atoms with van der Waals surface area (Å²) in [6.45, 7) is 6.48. The van der Waals surface area contributed by atoms with E-state index in [9.17, 15) is 18.0 Å². The molecule has 5 rings (SSSR count). The van der Waals surface area contributed by atoms with Crippen LogP contribution in [0.4, 0.5) is 13.2 Å². The molecule has 2 aliphatic rings. The first kappa shape index (κ1) is 24.1. The van der Waals surface area contributed by atoms with Gasteiger partial charge in [0.2, 0.25) is 0 Å². The maximum Gasteiger partial charge on any atom is 0.416 e. The normalized spacial score (nSPS) is 12.4. The summed E-state index contributed by atoms with van der Waals surface area (Å²) in [6, 6.07) is 14.1. The van der Waals surface area contributed by atoms with E-state index in [2.05, 4.69) is 21.5 Å². The fourth-order valence-corrected chi connectivity index (χ4v) is 4.11. The molecule has 0 amide bonds. The van der Waals surface area contributed by atoms with Gasteiger partial charge in [0.1, 0.15) is 5.82 Å². The van der Waals surface area contributed by atoms with E-state index >= 15 is 0 Å². The molecule has 0 saturated heterocycles. The molecule has 9 heteroatoms. The van der Waals surface area contributed by atoms with Crippen molar-refractivity contribution in [2.24, 2.45) is 0 Å². The first-order valence-corrected chi connectivity index (χ1v) is 11.5. The molecule has 2 aliphatic heterocycles. The number of imidazole rings is 2. The Morgan fingerprint density at radius 3 is 2.59 bits per heavy atom. The van der Waals surface area contributed by atoms with E-state index in [4.69, 9.17) is 0 Å². The number of pyridine rings is 1. The lowest BCUT2D eigenvalue weighted by molar-refractivity contribution is -0.137. The van der Waals surface area contributed by atoms with Crippen molar-refractivity contribution in [3.63, 3.8) is 0 Å². The highest BCUT2D eigenvalue weighted by molar-refractivity contribution is 5.80. The standard InChI is InChI=1S/C28H22F3N5O/c1-3-4-5-7-18(2)17-35-15-6-8-24-26(35)34-27(37)36(24)21-12-9-19(10-13-21)25-32-22-14-11-20(28(29,30)31)16-23(22)33-25/h3-16H,2,17H2,1H3,(H,32,33). The summed E-state index contributed by atoms with van der Waals surface area (Å²) in [5.41, 5.74) is 2.35. The van der Waals surface area contributed by atoms with Gasteiger partial charge in [-0.1, -0.05) is 30.9 Å². The van der Waals surface area contributed by atoms with Crippen LogP contribution in [0, 0.1) is 0 Å². The summed E-state index contributed by atoms with van der Waals surface area (Å²) in [5.74, 6) is 0.968. The van der Waals surface area contributed by atoms with Crippen molar-refractivity contribution in [2.45, 2.75) is 19.6 Å². The molecule has 0 bridgehead atoms. The predicted octanol–water partition coefficient (Wildman–Crippen LogP) is 6.39. The van der Waals surface area contributed by atoms with Gasteiger partial charge in [-0.25, -0.2) is 9.78 Å². The number of rotatable bonds is 6. The van der Waals surface area contributed by atoms with Crippen molar-refractivity contribution in [1.29, 1.82) is 0 Å². The molecule has 3 heterocycles. The van der Waals surface area contributed by atoms with Gasteiger partial charge in [-0.2, -0.15) is 18.2 Å². The second-order valence-electron chi connectivity index (χ2n) is 8.48. The van der Waals surface area contributed by atoms with E-state index in [1.807, 2.05) is 54.1 Å². The number of H-pyrrole nitrogens is 1. The van der Waals surface area contributed by atoms with Gasteiger partial charge >= 0.3 is 11.9 Å². The van der Waals surface area contributed by atoms with E-state index in [1.54, 1.807) is 24.3 Å². The number of nitrogens with zero attached hydrogens (tertiary/aromatic N) is 4. The third-order valence-electron chi connectivity index (χ3n) is 5.87. The Kier molecular flexibility index (Phi) is 6.12. The van der Waals surface area contributed by atoms with Crippen molar-refractivity contribution in [1.82, 2.24) is 24.1 Å². The van der Waals surface area contributed by atoms with Crippen molar-refractivity contribution in [3.05, 3.63) is 113 Å². The van der Waals surface area contributed by atoms with Crippen LogP contribution in [0.1, 0.15) is 12.5 Å². The smallest absolute Gasteiger partial charge is 0.338 e. The van der Waals surface area contributed by atoms with Crippen molar-refractivity contribution >= 4 is 11.0 Å². The van der Waals surface area contributed by atoms with Crippen LogP contribution in [0.5, 0.6) is 0 Å². The zero-order valence-corrected chi connectivity index (χ0v) is 19.8. The van der Waals surface area contributed by atoms with Gasteiger partial charge in [0, 0.05) is 18.3 Å². The summed E-state index contributed by atoms with van der Waals surface area (Å²) in [4.78, 5) is 24.5. The first-order chi connectivity index (χ1) is 17.7. The lowest BCUT2D eigenvalue weighted by Crippen LogP contribution is -2.14. The molecule has 0 spiro atoms. The van der Waals surface area contributed by atoms with Gasteiger partial charge in [-0.15, -0.1) is 0 Å². The Hall–Kier alpha value is -4.66. The molecule has 0 unspecified atom stereocenters. The number of hydrogen-bond acceptors (Lipinski definition) is 3. The van der Waals surface area contributed by atoms with E-state index in [0.717, 1.165) is 17.7 Å². The molecule has 0 aliphatic carbocycles. The Bertz CT molecular complexity index is 1680. The number of aromatic nitrogens is 5. The van der Waals surface area contributed by atoms with E-state index in [1.165, 1.54) is 10.6 Å². The Balaban J connectivity index is 1.44. The monoisotopic (exact) mass is 501 g/mol. The van der Waals surface area contributed by atoms with Gasteiger partial charge in [0.05, 0.1) is 28.0 Å². The number of aromatic amines is 1. The number of nitrogens with one attached hydrogen (secondary N) is 1. The quantitative estimate of drug-likeness (QED) is 0.274. The van der Waals surface area contributed by atoms with Gasteiger partial charge in [-0.3, -0.25) is 4.57 Å². The minimum atomic E-state index is -4.43. The molecule has 1 aromatic heterocycles. The summed E-state index contributed by atoms with van der Waals surface area (Å²) in [5, 5.41) is 0. The topological polar surface area (TPSA) is 68.5 Å². The molecule has 2 aromatic carbocycles. The van der Waals surface area contributed by atoms with E-state index in [0.29, 0.717) is 46.2 Å². The second kappa shape index (κ2) is 9.42. The van der Waals surface area contributed by atoms with Crippen molar-refractivity contribution in [3.8, 4) is 28.6 Å². The average molecular weight is 502 g/mol. The first-order valence-electron chi connectivity index (χ1n) is 11.5. The lowest BCUT2D eigenvalue weighted by Gasteiger charge is -2.13. The minimum absolute atomic E-state index is 0.294. The SMILES string of the molecule is C=C(C=CC=CC)Cn1cccc2n(-c3ccc(-c4nc5ccc(C(F)(F)F)cc5[nH]4)cc3)c(=O)nc1-2. The van der Waals surface area contributed by atoms with Crippen LogP contribution in [0.3, 0.4) is 0 Å². The zero-order chi connectivity index (χ0) is 26.2. The van der Waals surface area contributed by atoms with Crippen LogP contribution in [0.25, 0.3) is 39.6 Å². The van der Waals surface area contributed by atoms with Crippen LogP contribution < -0.4 is 5.69 Å². The van der Waals surface area contributed by atoms with Crippen molar-refractivity contribution in [2.75, 3.05) is 0 Å². The molecule has 0 fully saturated rings. The minimum Gasteiger partial charge on any atom is -0.338 e. The molecule has 0 atom stereocenters. The van der Waals surface area contributed by atoms with Crippen LogP contribution in [0.2, 0.25) is 0 Å². The fourth-order valence-electron chi connectivity index (χ4n) is 4.11. The van der Waals surface area contributed by atoms with E-state index in [-0.39, 0.29) is 0 Å². The van der Waals surface area contributed by atoms with Crippen LogP contribution in [0.15, 0.2) is 102 Å². The van der Waals surface area contributed by atoms with Crippen LogP contribution in [-0.2, 0) is 12.7 Å². The van der Waals surface area contributed by atoms with Gasteiger partial charge < -0.3 is 9.55 Å². The summed E-state index contributed by atoms with van der Waals surface area (Å²) in [6.07, 6.45) is 5.06. The summed E-state index contributed by atoms with van der Waals surface area (Å²) >= 11 is 0. The van der Waals surface area contributed by atoms with Crippen LogP contribution in [-0.4, -0.2) is 24.1 Å². The highest BCUT2D eigenvalue weighted by atomic mass is 19.4. The zero-order valence-electron chi connectivity index (χ0n) is 19.8. The predicted molar refractivity (Wildman–Crippen MR) is 138 cm³/mol. The Morgan fingerprint density at radius 1 is 1.08 bits per heavy atom. The van der Waals surface area contributed by atoms with Crippen molar-refractivity contribution < 1.29 is 13.2 Å². The van der Waals surface area contributed by atoms with Gasteiger partial charge in [0.25, 0.3) is 0 Å². The second-order valence-corrected chi connectivity index (χ2v) is 8.48. The number of hydrogen-bond donors (Lipinski definition) is 1. The third kappa shape index (κ3) is 4.75. The van der Waals surface area contributed by atoms with Gasteiger partial charge in [0.15, 0.2) is 5.82 Å². The van der Waals surface area contributed by atoms with Gasteiger partial charge in [-0.05, 0) is 67.1 Å². The number of alkyl halides is 3. The lowest BCUT2D eigenvalue weighted by atomic mass is 10.2. The molecule has 1 N–H and O–H groups in total. The Morgan fingerprint density at radius 2 is 1.86 bits per heavy atom. The number of fused-ring (bicyclic) bond motifs is 2. The van der Waals surface area contributed by atoms with Crippen LogP contribution >= 0.6 is 0 Å². The summed E-state index contributed by atoms with van der Waals surface area (Å²) in [7, 11) is 0. The molecule has 37 heavy (non-hydrogen) atoms. The maximum atomic E-state index is 13.0. The molecule has 3 aromatic rings. The molecular weight excluding hydrogens is 479 g/mol. The number of allylic oxidation sites excluding steroid dienone is 5. The Labute approximate surface area is 210 Å². The largest absolute Gasteiger partial charge is 0.416 e. The highest BCUT2D eigenvalue weighted by Crippen LogP contribution is 2.32. The molecule has 6 nitrogen and oxygen atoms in total. The molecule has 0 saturated carbocycles. The molecule has 0 radical (unpaired) electrons. The molecule has 186 valence electrons. The number of benzene rings is 2. The third-order valence-corrected chi connectivity index (χ3v) is 5.87. The average Bonchev–Trinajstić information content (AvgIpc) is 3.44.